The van der Waals surface area contributed by atoms with Crippen molar-refractivity contribution in [3.8, 4) is 0 Å². The summed E-state index contributed by atoms with van der Waals surface area (Å²) in [6.07, 6.45) is 4.32. The van der Waals surface area contributed by atoms with Gasteiger partial charge in [0, 0.05) is 11.7 Å². The monoisotopic (exact) mass is 270 g/mol. The first-order chi connectivity index (χ1) is 9.74. The number of benzene rings is 1. The number of rotatable bonds is 4. The van der Waals surface area contributed by atoms with Gasteiger partial charge in [0.15, 0.2) is 0 Å². The van der Waals surface area contributed by atoms with Crippen LogP contribution >= 0.6 is 0 Å². The summed E-state index contributed by atoms with van der Waals surface area (Å²) >= 11 is 0. The zero-order chi connectivity index (χ0) is 13.7. The van der Waals surface area contributed by atoms with Crippen LogP contribution < -0.4 is 10.6 Å². The molecule has 3 nitrogen and oxygen atoms in total. The summed E-state index contributed by atoms with van der Waals surface area (Å²) in [7, 11) is 0. The summed E-state index contributed by atoms with van der Waals surface area (Å²) in [5.41, 5.74) is 2.04. The molecule has 3 heteroatoms. The molecule has 0 aliphatic heterocycles. The number of hydrogen-bond acceptors (Lipinski definition) is 2. The van der Waals surface area contributed by atoms with Crippen LogP contribution in [0.25, 0.3) is 0 Å². The van der Waals surface area contributed by atoms with Crippen LogP contribution in [0.4, 0.5) is 5.69 Å². The van der Waals surface area contributed by atoms with Crippen molar-refractivity contribution in [2.75, 3.05) is 11.9 Å². The number of para-hydroxylation sites is 1. The largest absolute Gasteiger partial charge is 0.325 e. The van der Waals surface area contributed by atoms with E-state index in [-0.39, 0.29) is 5.91 Å². The molecule has 4 atom stereocenters. The fourth-order valence-corrected chi connectivity index (χ4v) is 4.72. The molecule has 3 aliphatic rings. The zero-order valence-electron chi connectivity index (χ0n) is 11.9. The van der Waals surface area contributed by atoms with Crippen LogP contribution in [-0.4, -0.2) is 18.5 Å². The Morgan fingerprint density at radius 2 is 1.90 bits per heavy atom. The van der Waals surface area contributed by atoms with Gasteiger partial charge >= 0.3 is 0 Å². The molecule has 4 unspecified atom stereocenters. The zero-order valence-corrected chi connectivity index (χ0v) is 11.9. The average molecular weight is 270 g/mol. The predicted octanol–water partition coefficient (Wildman–Crippen LogP) is 2.57. The lowest BCUT2D eigenvalue weighted by molar-refractivity contribution is -0.115. The Hall–Kier alpha value is -1.35. The summed E-state index contributed by atoms with van der Waals surface area (Å²) in [6.45, 7) is 2.47. The third kappa shape index (κ3) is 1.96. The van der Waals surface area contributed by atoms with Crippen molar-refractivity contribution in [1.82, 2.24) is 5.32 Å². The first-order valence-corrected chi connectivity index (χ1v) is 7.83. The molecule has 3 aliphatic carbocycles. The Labute approximate surface area is 120 Å². The van der Waals surface area contributed by atoms with Crippen LogP contribution in [-0.2, 0) is 4.79 Å². The predicted molar refractivity (Wildman–Crippen MR) is 79.4 cm³/mol. The highest BCUT2D eigenvalue weighted by Crippen LogP contribution is 2.65. The molecular weight excluding hydrogens is 248 g/mol. The number of nitrogens with one attached hydrogen (secondary N) is 2. The SMILES string of the molecule is Cc1ccccc1NC(=O)CNC1C2C3CCC(C3)C12. The van der Waals surface area contributed by atoms with Crippen molar-refractivity contribution < 1.29 is 4.79 Å². The first kappa shape index (κ1) is 12.4. The van der Waals surface area contributed by atoms with Gasteiger partial charge in [-0.05, 0) is 61.5 Å². The Morgan fingerprint density at radius 3 is 2.60 bits per heavy atom. The number of carbonyl (C=O) groups is 1. The summed E-state index contributed by atoms with van der Waals surface area (Å²) < 4.78 is 0. The van der Waals surface area contributed by atoms with Gasteiger partial charge in [0.05, 0.1) is 6.54 Å². The molecule has 20 heavy (non-hydrogen) atoms. The molecule has 0 saturated heterocycles. The summed E-state index contributed by atoms with van der Waals surface area (Å²) in [5, 5.41) is 6.48. The Kier molecular flexibility index (Phi) is 2.84. The Balaban J connectivity index is 1.29. The van der Waals surface area contributed by atoms with E-state index in [1.807, 2.05) is 31.2 Å². The fourth-order valence-electron chi connectivity index (χ4n) is 4.72. The van der Waals surface area contributed by atoms with Gasteiger partial charge < -0.3 is 10.6 Å². The minimum Gasteiger partial charge on any atom is -0.325 e. The molecule has 1 aromatic carbocycles. The molecule has 1 aromatic rings. The second-order valence-electron chi connectivity index (χ2n) is 6.76. The van der Waals surface area contributed by atoms with E-state index in [1.165, 1.54) is 19.3 Å². The highest BCUT2D eigenvalue weighted by atomic mass is 16.1. The number of hydrogen-bond donors (Lipinski definition) is 2. The summed E-state index contributed by atoms with van der Waals surface area (Å²) in [5.74, 6) is 3.78. The molecule has 0 spiro atoms. The van der Waals surface area contributed by atoms with Gasteiger partial charge in [-0.1, -0.05) is 18.2 Å². The quantitative estimate of drug-likeness (QED) is 0.883. The van der Waals surface area contributed by atoms with Gasteiger partial charge in [0.2, 0.25) is 5.91 Å². The number of fused-ring (bicyclic) bond motifs is 5. The van der Waals surface area contributed by atoms with Crippen molar-refractivity contribution in [3.05, 3.63) is 29.8 Å². The lowest BCUT2D eigenvalue weighted by Gasteiger charge is -2.11. The minimum absolute atomic E-state index is 0.0802. The van der Waals surface area contributed by atoms with E-state index in [0.29, 0.717) is 12.6 Å². The smallest absolute Gasteiger partial charge is 0.238 e. The normalized spacial score (nSPS) is 36.8. The van der Waals surface area contributed by atoms with Gasteiger partial charge in [0.25, 0.3) is 0 Å². The van der Waals surface area contributed by atoms with E-state index in [9.17, 15) is 4.79 Å². The van der Waals surface area contributed by atoms with Gasteiger partial charge in [-0.2, -0.15) is 0 Å². The van der Waals surface area contributed by atoms with E-state index in [0.717, 1.165) is 34.9 Å². The molecule has 3 fully saturated rings. The number of amides is 1. The van der Waals surface area contributed by atoms with E-state index in [2.05, 4.69) is 10.6 Å². The highest BCUT2D eigenvalue weighted by Gasteiger charge is 2.64. The molecular formula is C17H22N2O. The minimum atomic E-state index is 0.0802. The average Bonchev–Trinajstić information content (AvgIpc) is 2.83. The van der Waals surface area contributed by atoms with Gasteiger partial charge in [0.1, 0.15) is 0 Å². The molecule has 106 valence electrons. The number of aryl methyl sites for hydroxylation is 1. The molecule has 0 radical (unpaired) electrons. The van der Waals surface area contributed by atoms with E-state index < -0.39 is 0 Å². The third-order valence-electron chi connectivity index (χ3n) is 5.65. The number of anilines is 1. The maximum atomic E-state index is 12.0. The molecule has 3 saturated carbocycles. The van der Waals surface area contributed by atoms with Gasteiger partial charge in [-0.15, -0.1) is 0 Å². The standard InChI is InChI=1S/C17H22N2O/c1-10-4-2-3-5-13(10)19-14(20)9-18-17-15-11-6-7-12(8-11)16(15)17/h2-5,11-12,15-18H,6-9H2,1H3,(H,19,20). The topological polar surface area (TPSA) is 41.1 Å². The van der Waals surface area contributed by atoms with Crippen molar-refractivity contribution in [1.29, 1.82) is 0 Å². The summed E-state index contributed by atoms with van der Waals surface area (Å²) in [6, 6.07) is 8.55. The van der Waals surface area contributed by atoms with Gasteiger partial charge in [-0.3, -0.25) is 4.79 Å². The van der Waals surface area contributed by atoms with Gasteiger partial charge in [-0.25, -0.2) is 0 Å². The number of carbonyl (C=O) groups excluding carboxylic acids is 1. The van der Waals surface area contributed by atoms with Crippen LogP contribution in [0.15, 0.2) is 24.3 Å². The highest BCUT2D eigenvalue weighted by molar-refractivity contribution is 5.92. The molecule has 1 amide bonds. The van der Waals surface area contributed by atoms with Crippen molar-refractivity contribution in [2.45, 2.75) is 32.2 Å². The van der Waals surface area contributed by atoms with Crippen molar-refractivity contribution >= 4 is 11.6 Å². The lowest BCUT2D eigenvalue weighted by atomic mass is 10.0. The maximum Gasteiger partial charge on any atom is 0.238 e. The van der Waals surface area contributed by atoms with Crippen LogP contribution in [0, 0.1) is 30.6 Å². The summed E-state index contributed by atoms with van der Waals surface area (Å²) in [4.78, 5) is 12.0. The van der Waals surface area contributed by atoms with Crippen LogP contribution in [0.2, 0.25) is 0 Å². The molecule has 2 bridgehead atoms. The van der Waals surface area contributed by atoms with Crippen LogP contribution in [0.5, 0.6) is 0 Å². The van der Waals surface area contributed by atoms with E-state index in [1.54, 1.807) is 0 Å². The second kappa shape index (κ2) is 4.59. The van der Waals surface area contributed by atoms with E-state index >= 15 is 0 Å². The third-order valence-corrected chi connectivity index (χ3v) is 5.65. The molecule has 4 rings (SSSR count). The first-order valence-electron chi connectivity index (χ1n) is 7.83. The van der Waals surface area contributed by atoms with E-state index in [4.69, 9.17) is 0 Å². The van der Waals surface area contributed by atoms with Crippen LogP contribution in [0.1, 0.15) is 24.8 Å². The van der Waals surface area contributed by atoms with Crippen molar-refractivity contribution in [2.24, 2.45) is 23.7 Å². The molecule has 0 heterocycles. The van der Waals surface area contributed by atoms with Crippen molar-refractivity contribution in [3.63, 3.8) is 0 Å². The van der Waals surface area contributed by atoms with Crippen LogP contribution in [0.3, 0.4) is 0 Å². The Bertz CT molecular complexity index is 526. The second-order valence-corrected chi connectivity index (χ2v) is 6.76. The fraction of sp³-hybridized carbons (Fsp3) is 0.588. The lowest BCUT2D eigenvalue weighted by Crippen LogP contribution is -2.32. The molecule has 2 N–H and O–H groups in total. The maximum absolute atomic E-state index is 12.0. The Morgan fingerprint density at radius 1 is 1.20 bits per heavy atom. The molecule has 0 aromatic heterocycles.